The third kappa shape index (κ3) is 3.81. The highest BCUT2D eigenvalue weighted by Gasteiger charge is 2.22. The Morgan fingerprint density at radius 3 is 2.80 bits per heavy atom. The maximum absolute atomic E-state index is 12.2. The summed E-state index contributed by atoms with van der Waals surface area (Å²) < 4.78 is 0. The zero-order valence-electron chi connectivity index (χ0n) is 12.5. The maximum atomic E-state index is 12.2. The summed E-state index contributed by atoms with van der Waals surface area (Å²) in [4.78, 5) is 14.6. The van der Waals surface area contributed by atoms with Crippen LogP contribution in [0.1, 0.15) is 25.8 Å². The number of benzene rings is 1. The van der Waals surface area contributed by atoms with Gasteiger partial charge in [0, 0.05) is 18.8 Å². The number of rotatable bonds is 6. The molecule has 4 nitrogen and oxygen atoms in total. The fourth-order valence-corrected chi connectivity index (χ4v) is 2.64. The van der Waals surface area contributed by atoms with Crippen molar-refractivity contribution in [2.45, 2.75) is 32.7 Å². The van der Waals surface area contributed by atoms with Gasteiger partial charge in [0.1, 0.15) is 0 Å². The third-order valence-electron chi connectivity index (χ3n) is 4.01. The van der Waals surface area contributed by atoms with Gasteiger partial charge >= 0.3 is 0 Å². The number of anilines is 1. The predicted molar refractivity (Wildman–Crippen MR) is 83.0 cm³/mol. The van der Waals surface area contributed by atoms with E-state index in [1.165, 1.54) is 5.56 Å². The zero-order valence-corrected chi connectivity index (χ0v) is 12.5. The van der Waals surface area contributed by atoms with Gasteiger partial charge in [-0.15, -0.1) is 0 Å². The monoisotopic (exact) mass is 275 g/mol. The highest BCUT2D eigenvalue weighted by Crippen LogP contribution is 2.21. The molecule has 1 heterocycles. The van der Waals surface area contributed by atoms with Crippen LogP contribution in [0.5, 0.6) is 0 Å². The first kappa shape index (κ1) is 15.0. The molecule has 0 radical (unpaired) electrons. The van der Waals surface area contributed by atoms with Gasteiger partial charge in [0.25, 0.3) is 0 Å². The zero-order chi connectivity index (χ0) is 14.4. The van der Waals surface area contributed by atoms with Crippen molar-refractivity contribution >= 4 is 11.6 Å². The molecule has 110 valence electrons. The lowest BCUT2D eigenvalue weighted by molar-refractivity contribution is -0.118. The molecule has 1 aromatic rings. The average molecular weight is 275 g/mol. The standard InChI is InChI=1S/C16H25N3O/c1-3-19(4-2)12-11-17-15-10-9-13-7-5-6-8-14(13)18-16(15)20/h5-8,15,17H,3-4,9-12H2,1-2H3,(H,18,20). The van der Waals surface area contributed by atoms with Gasteiger partial charge < -0.3 is 15.5 Å². The van der Waals surface area contributed by atoms with E-state index in [-0.39, 0.29) is 11.9 Å². The molecule has 0 bridgehead atoms. The molecule has 20 heavy (non-hydrogen) atoms. The number of para-hydroxylation sites is 1. The fourth-order valence-electron chi connectivity index (χ4n) is 2.64. The second kappa shape index (κ2) is 7.41. The number of carbonyl (C=O) groups is 1. The number of likely N-dealkylation sites (N-methyl/N-ethyl adjacent to an activating group) is 1. The lowest BCUT2D eigenvalue weighted by atomic mass is 10.1. The van der Waals surface area contributed by atoms with Crippen LogP contribution in [0.15, 0.2) is 24.3 Å². The molecule has 1 aliphatic heterocycles. The van der Waals surface area contributed by atoms with Gasteiger partial charge in [-0.25, -0.2) is 0 Å². The van der Waals surface area contributed by atoms with Crippen LogP contribution in [-0.2, 0) is 11.2 Å². The fraction of sp³-hybridized carbons (Fsp3) is 0.562. The average Bonchev–Trinajstić information content (AvgIpc) is 2.63. The van der Waals surface area contributed by atoms with Crippen LogP contribution in [0.4, 0.5) is 5.69 Å². The number of aryl methyl sites for hydroxylation is 1. The Morgan fingerprint density at radius 2 is 2.05 bits per heavy atom. The summed E-state index contributed by atoms with van der Waals surface area (Å²) in [5, 5.41) is 6.42. The highest BCUT2D eigenvalue weighted by atomic mass is 16.2. The van der Waals surface area contributed by atoms with Crippen LogP contribution in [0.2, 0.25) is 0 Å². The van der Waals surface area contributed by atoms with Crippen LogP contribution in [-0.4, -0.2) is 43.0 Å². The van der Waals surface area contributed by atoms with Gasteiger partial charge in [0.05, 0.1) is 6.04 Å². The second-order valence-corrected chi connectivity index (χ2v) is 5.22. The van der Waals surface area contributed by atoms with E-state index < -0.39 is 0 Å². The minimum absolute atomic E-state index is 0.0852. The molecular weight excluding hydrogens is 250 g/mol. The van der Waals surface area contributed by atoms with Crippen molar-refractivity contribution in [1.29, 1.82) is 0 Å². The molecule has 0 spiro atoms. The minimum atomic E-state index is -0.0852. The summed E-state index contributed by atoms with van der Waals surface area (Å²) in [5.74, 6) is 0.0921. The molecule has 0 aromatic heterocycles. The number of fused-ring (bicyclic) bond motifs is 1. The molecule has 4 heteroatoms. The smallest absolute Gasteiger partial charge is 0.241 e. The Morgan fingerprint density at radius 1 is 1.30 bits per heavy atom. The van der Waals surface area contributed by atoms with Crippen LogP contribution < -0.4 is 10.6 Å². The van der Waals surface area contributed by atoms with Gasteiger partial charge in [-0.1, -0.05) is 32.0 Å². The van der Waals surface area contributed by atoms with Crippen molar-refractivity contribution in [2.75, 3.05) is 31.5 Å². The van der Waals surface area contributed by atoms with Crippen molar-refractivity contribution in [1.82, 2.24) is 10.2 Å². The molecule has 2 rings (SSSR count). The van der Waals surface area contributed by atoms with Crippen LogP contribution >= 0.6 is 0 Å². The van der Waals surface area contributed by atoms with Crippen molar-refractivity contribution < 1.29 is 4.79 Å². The summed E-state index contributed by atoms with van der Waals surface area (Å²) in [5.41, 5.74) is 2.19. The van der Waals surface area contributed by atoms with Crippen LogP contribution in [0.3, 0.4) is 0 Å². The Bertz CT molecular complexity index is 443. The van der Waals surface area contributed by atoms with Gasteiger partial charge in [-0.2, -0.15) is 0 Å². The molecule has 1 atom stereocenters. The van der Waals surface area contributed by atoms with Crippen molar-refractivity contribution in [2.24, 2.45) is 0 Å². The Labute approximate surface area is 121 Å². The number of carbonyl (C=O) groups excluding carboxylic acids is 1. The van der Waals surface area contributed by atoms with E-state index in [2.05, 4.69) is 35.4 Å². The number of nitrogens with one attached hydrogen (secondary N) is 2. The Kier molecular flexibility index (Phi) is 5.56. The van der Waals surface area contributed by atoms with E-state index in [0.29, 0.717) is 0 Å². The quantitative estimate of drug-likeness (QED) is 0.833. The van der Waals surface area contributed by atoms with Crippen molar-refractivity contribution in [3.63, 3.8) is 0 Å². The van der Waals surface area contributed by atoms with Gasteiger partial charge in [-0.05, 0) is 37.6 Å². The molecule has 1 aliphatic rings. The summed E-state index contributed by atoms with van der Waals surface area (Å²) >= 11 is 0. The van der Waals surface area contributed by atoms with Crippen molar-refractivity contribution in [3.05, 3.63) is 29.8 Å². The molecule has 0 saturated heterocycles. The molecular formula is C16H25N3O. The number of hydrogen-bond acceptors (Lipinski definition) is 3. The molecule has 1 aromatic carbocycles. The summed E-state index contributed by atoms with van der Waals surface area (Å²) in [7, 11) is 0. The molecule has 1 unspecified atom stereocenters. The second-order valence-electron chi connectivity index (χ2n) is 5.22. The van der Waals surface area contributed by atoms with E-state index in [9.17, 15) is 4.79 Å². The lowest BCUT2D eigenvalue weighted by Crippen LogP contribution is -2.43. The Hall–Kier alpha value is -1.39. The first-order chi connectivity index (χ1) is 9.74. The molecule has 0 saturated carbocycles. The first-order valence-electron chi connectivity index (χ1n) is 7.59. The summed E-state index contributed by atoms with van der Waals surface area (Å²) in [6.07, 6.45) is 1.80. The Balaban J connectivity index is 1.87. The molecule has 0 aliphatic carbocycles. The number of nitrogens with zero attached hydrogens (tertiary/aromatic N) is 1. The molecule has 1 amide bonds. The van der Waals surface area contributed by atoms with Crippen LogP contribution in [0, 0.1) is 0 Å². The van der Waals surface area contributed by atoms with Gasteiger partial charge in [0.15, 0.2) is 0 Å². The maximum Gasteiger partial charge on any atom is 0.241 e. The van der Waals surface area contributed by atoms with E-state index >= 15 is 0 Å². The predicted octanol–water partition coefficient (Wildman–Crippen LogP) is 1.87. The molecule has 0 fully saturated rings. The van der Waals surface area contributed by atoms with Crippen molar-refractivity contribution in [3.8, 4) is 0 Å². The van der Waals surface area contributed by atoms with E-state index in [0.717, 1.165) is 44.7 Å². The third-order valence-corrected chi connectivity index (χ3v) is 4.01. The van der Waals surface area contributed by atoms with Gasteiger partial charge in [-0.3, -0.25) is 4.79 Å². The largest absolute Gasteiger partial charge is 0.324 e. The number of hydrogen-bond donors (Lipinski definition) is 2. The van der Waals surface area contributed by atoms with E-state index in [1.807, 2.05) is 18.2 Å². The first-order valence-corrected chi connectivity index (χ1v) is 7.59. The topological polar surface area (TPSA) is 44.4 Å². The summed E-state index contributed by atoms with van der Waals surface area (Å²) in [6, 6.07) is 7.98. The van der Waals surface area contributed by atoms with Gasteiger partial charge in [0.2, 0.25) is 5.91 Å². The van der Waals surface area contributed by atoms with Crippen LogP contribution in [0.25, 0.3) is 0 Å². The lowest BCUT2D eigenvalue weighted by Gasteiger charge is -2.20. The summed E-state index contributed by atoms with van der Waals surface area (Å²) in [6.45, 7) is 8.29. The minimum Gasteiger partial charge on any atom is -0.324 e. The van der Waals surface area contributed by atoms with E-state index in [4.69, 9.17) is 0 Å². The van der Waals surface area contributed by atoms with E-state index in [1.54, 1.807) is 0 Å². The molecule has 2 N–H and O–H groups in total. The number of amides is 1. The SMILES string of the molecule is CCN(CC)CCNC1CCc2ccccc2NC1=O. The normalized spacial score (nSPS) is 18.6. The highest BCUT2D eigenvalue weighted by molar-refractivity contribution is 5.96.